The quantitative estimate of drug-likeness (QED) is 0.441. The van der Waals surface area contributed by atoms with E-state index in [0.717, 1.165) is 22.6 Å². The van der Waals surface area contributed by atoms with Gasteiger partial charge in [0.15, 0.2) is 0 Å². The van der Waals surface area contributed by atoms with Crippen molar-refractivity contribution in [1.82, 2.24) is 4.68 Å². The van der Waals surface area contributed by atoms with Gasteiger partial charge >= 0.3 is 0 Å². The second-order valence-electron chi connectivity index (χ2n) is 5.22. The second-order valence-corrected chi connectivity index (χ2v) is 6.05. The van der Waals surface area contributed by atoms with Crippen molar-refractivity contribution in [3.63, 3.8) is 0 Å². The van der Waals surface area contributed by atoms with Crippen molar-refractivity contribution in [2.45, 2.75) is 13.5 Å². The third kappa shape index (κ3) is 4.11. The number of nitrogens with zero attached hydrogens (tertiary/aromatic N) is 3. The van der Waals surface area contributed by atoms with Crippen LogP contribution in [0, 0.1) is 6.92 Å². The average molecular weight is 338 g/mol. The molecule has 0 spiro atoms. The Morgan fingerprint density at radius 1 is 1.12 bits per heavy atom. The topological polar surface area (TPSA) is 64.9 Å². The number of hydrogen-bond donors (Lipinski definition) is 1. The van der Waals surface area contributed by atoms with Crippen LogP contribution in [-0.2, 0) is 6.61 Å². The zero-order chi connectivity index (χ0) is 16.8. The van der Waals surface area contributed by atoms with Gasteiger partial charge in [0.1, 0.15) is 12.4 Å². The van der Waals surface area contributed by atoms with Crippen molar-refractivity contribution in [2.75, 3.05) is 5.84 Å². The van der Waals surface area contributed by atoms with Gasteiger partial charge in [0, 0.05) is 11.1 Å². The molecular formula is C18H18N4OS. The molecule has 0 saturated carbocycles. The number of nitrogens with two attached hydrogens (primary N) is 1. The van der Waals surface area contributed by atoms with Gasteiger partial charge < -0.3 is 10.6 Å². The molecule has 1 aromatic heterocycles. The number of nitrogen functional groups attached to an aromatic ring is 1. The Hall–Kier alpha value is -2.86. The van der Waals surface area contributed by atoms with Crippen LogP contribution in [0.5, 0.6) is 5.75 Å². The van der Waals surface area contributed by atoms with Crippen LogP contribution in [-0.4, -0.2) is 10.9 Å². The summed E-state index contributed by atoms with van der Waals surface area (Å²) in [6.07, 6.45) is 1.69. The fourth-order valence-electron chi connectivity index (χ4n) is 2.01. The van der Waals surface area contributed by atoms with E-state index in [2.05, 4.69) is 10.2 Å². The van der Waals surface area contributed by atoms with E-state index in [1.54, 1.807) is 6.21 Å². The van der Waals surface area contributed by atoms with Gasteiger partial charge in [-0.3, -0.25) is 0 Å². The van der Waals surface area contributed by atoms with E-state index in [0.29, 0.717) is 11.4 Å². The molecule has 6 heteroatoms. The molecule has 0 aliphatic carbocycles. The summed E-state index contributed by atoms with van der Waals surface area (Å²) in [5.41, 5.74) is 3.04. The fourth-order valence-corrected chi connectivity index (χ4v) is 2.75. The summed E-state index contributed by atoms with van der Waals surface area (Å²) >= 11 is 1.46. The lowest BCUT2D eigenvalue weighted by Crippen LogP contribution is -2.23. The van der Waals surface area contributed by atoms with E-state index < -0.39 is 0 Å². The number of rotatable bonds is 5. The minimum Gasteiger partial charge on any atom is -0.489 e. The predicted octanol–water partition coefficient (Wildman–Crippen LogP) is 3.09. The summed E-state index contributed by atoms with van der Waals surface area (Å²) in [5.74, 6) is 6.65. The Balaban J connectivity index is 1.61. The van der Waals surface area contributed by atoms with Gasteiger partial charge in [-0.25, -0.2) is 4.68 Å². The molecule has 122 valence electrons. The maximum absolute atomic E-state index is 5.83. The Morgan fingerprint density at radius 3 is 2.54 bits per heavy atom. The van der Waals surface area contributed by atoms with E-state index in [-0.39, 0.29) is 0 Å². The molecule has 0 unspecified atom stereocenters. The van der Waals surface area contributed by atoms with Gasteiger partial charge in [-0.1, -0.05) is 30.3 Å². The van der Waals surface area contributed by atoms with Crippen molar-refractivity contribution in [1.29, 1.82) is 0 Å². The van der Waals surface area contributed by atoms with Gasteiger partial charge in [0.05, 0.1) is 6.21 Å². The van der Waals surface area contributed by atoms with Crippen LogP contribution < -0.4 is 15.4 Å². The Labute approximate surface area is 144 Å². The lowest BCUT2D eigenvalue weighted by molar-refractivity contribution is 0.306. The summed E-state index contributed by atoms with van der Waals surface area (Å²) in [5, 5.41) is 10.1. The van der Waals surface area contributed by atoms with Crippen LogP contribution in [0.3, 0.4) is 0 Å². The van der Waals surface area contributed by atoms with Crippen molar-refractivity contribution in [3.05, 3.63) is 81.6 Å². The van der Waals surface area contributed by atoms with E-state index >= 15 is 0 Å². The zero-order valence-corrected chi connectivity index (χ0v) is 14.1. The smallest absolute Gasteiger partial charge is 0.229 e. The van der Waals surface area contributed by atoms with Gasteiger partial charge in [0.2, 0.25) is 4.80 Å². The first kappa shape index (κ1) is 16.0. The highest BCUT2D eigenvalue weighted by atomic mass is 32.1. The Morgan fingerprint density at radius 2 is 1.88 bits per heavy atom. The van der Waals surface area contributed by atoms with Gasteiger partial charge in [0.25, 0.3) is 0 Å². The number of ether oxygens (including phenoxy) is 1. The van der Waals surface area contributed by atoms with Crippen molar-refractivity contribution >= 4 is 17.6 Å². The highest BCUT2D eigenvalue weighted by Gasteiger charge is 1.96. The molecule has 3 rings (SSSR count). The number of aromatic nitrogens is 1. The number of benzene rings is 2. The van der Waals surface area contributed by atoms with Gasteiger partial charge in [-0.05, 0) is 42.3 Å². The maximum atomic E-state index is 5.83. The fraction of sp³-hybridized carbons (Fsp3) is 0.111. The number of aryl methyl sites for hydroxylation is 1. The predicted molar refractivity (Wildman–Crippen MR) is 97.6 cm³/mol. The zero-order valence-electron chi connectivity index (χ0n) is 13.3. The summed E-state index contributed by atoms with van der Waals surface area (Å²) < 4.78 is 7.27. The second kappa shape index (κ2) is 7.61. The summed E-state index contributed by atoms with van der Waals surface area (Å²) in [4.78, 5) is 0.659. The highest BCUT2D eigenvalue weighted by molar-refractivity contribution is 7.07. The van der Waals surface area contributed by atoms with Crippen LogP contribution in [0.15, 0.2) is 70.2 Å². The molecule has 0 aliphatic heterocycles. The minimum absolute atomic E-state index is 0.553. The molecule has 0 atom stereocenters. The minimum atomic E-state index is 0.553. The van der Waals surface area contributed by atoms with E-state index in [1.165, 1.54) is 16.0 Å². The summed E-state index contributed by atoms with van der Waals surface area (Å²) in [6, 6.07) is 17.8. The number of thiazole rings is 1. The van der Waals surface area contributed by atoms with Crippen molar-refractivity contribution in [2.24, 2.45) is 10.2 Å². The van der Waals surface area contributed by atoms with Crippen LogP contribution in [0.4, 0.5) is 0 Å². The summed E-state index contributed by atoms with van der Waals surface area (Å²) in [6.45, 7) is 2.48. The molecule has 3 aromatic rings. The van der Waals surface area contributed by atoms with Crippen molar-refractivity contribution in [3.8, 4) is 5.75 Å². The third-order valence-electron chi connectivity index (χ3n) is 3.40. The SMILES string of the molecule is Cc1cs/c(=N\N=C\c2ccc(OCc3ccccc3)cc2)n1N. The molecule has 2 N–H and O–H groups in total. The maximum Gasteiger partial charge on any atom is 0.229 e. The van der Waals surface area contributed by atoms with Crippen LogP contribution in [0.1, 0.15) is 16.8 Å². The molecular weight excluding hydrogens is 320 g/mol. The first-order chi connectivity index (χ1) is 11.7. The molecule has 5 nitrogen and oxygen atoms in total. The lowest BCUT2D eigenvalue weighted by atomic mass is 10.2. The molecule has 24 heavy (non-hydrogen) atoms. The summed E-state index contributed by atoms with van der Waals surface area (Å²) in [7, 11) is 0. The number of hydrogen-bond acceptors (Lipinski definition) is 5. The third-order valence-corrected chi connectivity index (χ3v) is 4.35. The standard InChI is InChI=1S/C18H18N4OS/c1-14-13-24-18(22(14)19)21-20-11-15-7-9-17(10-8-15)23-12-16-5-3-2-4-6-16/h2-11,13H,12,19H2,1H3/b20-11+,21-18-. The van der Waals surface area contributed by atoms with E-state index in [1.807, 2.05) is 66.9 Å². The lowest BCUT2D eigenvalue weighted by Gasteiger charge is -2.06. The first-order valence-corrected chi connectivity index (χ1v) is 8.36. The molecule has 2 aromatic carbocycles. The first-order valence-electron chi connectivity index (χ1n) is 7.48. The Kier molecular flexibility index (Phi) is 5.08. The monoisotopic (exact) mass is 338 g/mol. The van der Waals surface area contributed by atoms with Gasteiger partial charge in [-0.15, -0.1) is 16.4 Å². The molecule has 0 fully saturated rings. The van der Waals surface area contributed by atoms with Gasteiger partial charge in [-0.2, -0.15) is 5.10 Å². The molecule has 0 saturated heterocycles. The molecule has 0 bridgehead atoms. The highest BCUT2D eigenvalue weighted by Crippen LogP contribution is 2.13. The Bertz CT molecular complexity index is 879. The average Bonchev–Trinajstić information content (AvgIpc) is 2.94. The van der Waals surface area contributed by atoms with Crippen LogP contribution >= 0.6 is 11.3 Å². The molecule has 1 heterocycles. The molecule has 0 radical (unpaired) electrons. The molecule has 0 amide bonds. The van der Waals surface area contributed by atoms with Crippen LogP contribution in [0.2, 0.25) is 0 Å². The van der Waals surface area contributed by atoms with E-state index in [9.17, 15) is 0 Å². The largest absolute Gasteiger partial charge is 0.489 e. The van der Waals surface area contributed by atoms with Crippen LogP contribution in [0.25, 0.3) is 0 Å². The molecule has 0 aliphatic rings. The van der Waals surface area contributed by atoms with Crippen molar-refractivity contribution < 1.29 is 4.74 Å². The normalized spacial score (nSPS) is 12.0. The van der Waals surface area contributed by atoms with E-state index in [4.69, 9.17) is 10.6 Å².